The van der Waals surface area contributed by atoms with Gasteiger partial charge in [-0.15, -0.1) is 0 Å². The number of hydrogen-bond acceptors (Lipinski definition) is 8. The number of nitrogens with zero attached hydrogens (tertiary/aromatic N) is 2. The van der Waals surface area contributed by atoms with Crippen molar-refractivity contribution in [3.05, 3.63) is 82.8 Å². The minimum absolute atomic E-state index is 0.0185. The minimum atomic E-state index is -1.02. The number of fused-ring (bicyclic) bond motifs is 4. The molecule has 0 aliphatic heterocycles. The predicted molar refractivity (Wildman–Crippen MR) is 192 cm³/mol. The fourth-order valence-electron chi connectivity index (χ4n) is 8.35. The maximum Gasteiger partial charge on any atom is 0.161 e. The van der Waals surface area contributed by atoms with Crippen LogP contribution in [0.5, 0.6) is 11.5 Å². The molecule has 0 unspecified atom stereocenters. The van der Waals surface area contributed by atoms with Crippen LogP contribution in [-0.4, -0.2) is 61.5 Å². The molecule has 3 aromatic rings. The van der Waals surface area contributed by atoms with Crippen molar-refractivity contribution in [2.45, 2.75) is 114 Å². The number of benzene rings is 1. The number of phenols is 1. The molecular weight excluding hydrogens is 630 g/mol. The van der Waals surface area contributed by atoms with E-state index in [2.05, 4.69) is 34.8 Å². The number of ether oxygens (including phenoxy) is 1. The van der Waals surface area contributed by atoms with Crippen LogP contribution in [0, 0.1) is 29.6 Å². The van der Waals surface area contributed by atoms with E-state index in [-0.39, 0.29) is 48.2 Å². The summed E-state index contributed by atoms with van der Waals surface area (Å²) in [4.78, 5) is 8.62. The summed E-state index contributed by atoms with van der Waals surface area (Å²) in [6.45, 7) is 1.95. The molecule has 0 bridgehead atoms. The van der Waals surface area contributed by atoms with E-state index < -0.39 is 24.4 Å². The molecule has 6 rings (SSSR count). The van der Waals surface area contributed by atoms with Crippen LogP contribution in [0.2, 0.25) is 0 Å². The Bertz CT molecular complexity index is 1660. The number of aliphatic hydroxyl groups excluding tert-OH is 4. The SMILES string of the molecule is CC[C@H]1C#C[C@H]2C=C3CCc4cc(O)c(O[C@H](C[C@H](Cc5ccc[n-]5)c5ccnc(N)c5)[C@H](O)CCO)cc4[C@@H]3C[C@@H](O)[C@H]2[C@@H](O)CCCC1. The van der Waals surface area contributed by atoms with Crippen molar-refractivity contribution in [2.24, 2.45) is 17.8 Å². The molecule has 0 spiro atoms. The maximum atomic E-state index is 11.7. The average Bonchev–Trinajstić information content (AvgIpc) is 3.56. The Morgan fingerprint density at radius 3 is 2.68 bits per heavy atom. The first-order chi connectivity index (χ1) is 24.2. The largest absolute Gasteiger partial charge is 0.668 e. The number of pyridine rings is 1. The first-order valence-electron chi connectivity index (χ1n) is 18.4. The second kappa shape index (κ2) is 16.5. The van der Waals surface area contributed by atoms with E-state index in [9.17, 15) is 25.5 Å². The number of rotatable bonds is 11. The second-order valence-electron chi connectivity index (χ2n) is 14.5. The van der Waals surface area contributed by atoms with Gasteiger partial charge in [-0.25, -0.2) is 4.98 Å². The number of aliphatic hydroxyl groups is 4. The van der Waals surface area contributed by atoms with Gasteiger partial charge in [0.2, 0.25) is 0 Å². The number of aromatic nitrogens is 2. The molecule has 268 valence electrons. The highest BCUT2D eigenvalue weighted by Gasteiger charge is 2.40. The summed E-state index contributed by atoms with van der Waals surface area (Å²) >= 11 is 0. The number of anilines is 1. The average molecular weight is 683 g/mol. The summed E-state index contributed by atoms with van der Waals surface area (Å²) in [6, 6.07) is 11.2. The molecule has 0 saturated carbocycles. The molecule has 9 heteroatoms. The van der Waals surface area contributed by atoms with Gasteiger partial charge in [0, 0.05) is 42.9 Å². The van der Waals surface area contributed by atoms with Gasteiger partial charge in [-0.3, -0.25) is 0 Å². The maximum absolute atomic E-state index is 11.7. The highest BCUT2D eigenvalue weighted by molar-refractivity contribution is 5.52. The third-order valence-corrected chi connectivity index (χ3v) is 11.1. The van der Waals surface area contributed by atoms with Crippen LogP contribution >= 0.6 is 0 Å². The predicted octanol–water partition coefficient (Wildman–Crippen LogP) is 5.15. The molecule has 0 fully saturated rings. The normalized spacial score (nSPS) is 26.8. The van der Waals surface area contributed by atoms with Gasteiger partial charge in [-0.2, -0.15) is 11.9 Å². The lowest BCUT2D eigenvalue weighted by atomic mass is 9.76. The van der Waals surface area contributed by atoms with Gasteiger partial charge in [0.05, 0.1) is 18.3 Å². The first-order valence-corrected chi connectivity index (χ1v) is 18.4. The van der Waals surface area contributed by atoms with Crippen molar-refractivity contribution in [3.63, 3.8) is 0 Å². The van der Waals surface area contributed by atoms with Crippen LogP contribution in [-0.2, 0) is 12.8 Å². The number of nitrogen functional groups attached to an aromatic ring is 1. The van der Waals surface area contributed by atoms with Gasteiger partial charge in [0.25, 0.3) is 0 Å². The third kappa shape index (κ3) is 8.38. The summed E-state index contributed by atoms with van der Waals surface area (Å²) in [5, 5.41) is 55.4. The van der Waals surface area contributed by atoms with Gasteiger partial charge >= 0.3 is 0 Å². The minimum Gasteiger partial charge on any atom is -0.668 e. The van der Waals surface area contributed by atoms with Crippen LogP contribution in [0.4, 0.5) is 5.82 Å². The van der Waals surface area contributed by atoms with E-state index in [0.29, 0.717) is 37.4 Å². The molecule has 2 heterocycles. The Kier molecular flexibility index (Phi) is 11.9. The Balaban J connectivity index is 1.32. The molecule has 1 aromatic carbocycles. The summed E-state index contributed by atoms with van der Waals surface area (Å²) in [5.74, 6) is 7.04. The van der Waals surface area contributed by atoms with E-state index in [1.807, 2.05) is 30.3 Å². The molecule has 50 heavy (non-hydrogen) atoms. The van der Waals surface area contributed by atoms with Crippen molar-refractivity contribution in [2.75, 3.05) is 12.3 Å². The molecule has 7 N–H and O–H groups in total. The van der Waals surface area contributed by atoms with Crippen LogP contribution < -0.4 is 15.5 Å². The molecule has 9 atom stereocenters. The van der Waals surface area contributed by atoms with Crippen LogP contribution in [0.3, 0.4) is 0 Å². The standard InChI is InChI=1S/C41H52N3O6/c1-2-25-6-3-4-8-35(47)41-29(10-9-25)18-27-11-12-28-20-36(48)39(24-33(28)32(27)23-37(41)49)50-38(34(46)14-17-45)21-30(19-31-7-5-15-43-31)26-13-16-44-40(42)22-26/h5,7,13,15-16,18,20,22,24-25,29-30,32,34-35,37-38,41,45-49H,2-4,6,8,11-12,14,17,19,21,23H2,1H3,(H2,42,44)/q-1/t25-,29+,30+,32-,34-,35+,37-,38-,41-/m1/s1. The lowest BCUT2D eigenvalue weighted by molar-refractivity contribution is -0.00726. The number of allylic oxidation sites excluding steroid dienone is 2. The molecule has 0 saturated heterocycles. The van der Waals surface area contributed by atoms with Crippen molar-refractivity contribution >= 4 is 5.82 Å². The molecule has 3 aliphatic carbocycles. The van der Waals surface area contributed by atoms with Crippen molar-refractivity contribution < 1.29 is 30.3 Å². The summed E-state index contributed by atoms with van der Waals surface area (Å²) in [7, 11) is 0. The van der Waals surface area contributed by atoms with Gasteiger partial charge in [-0.05, 0) is 98.2 Å². The number of nitrogens with two attached hydrogens (primary N) is 1. The van der Waals surface area contributed by atoms with Crippen LogP contribution in [0.25, 0.3) is 0 Å². The van der Waals surface area contributed by atoms with Gasteiger partial charge in [-0.1, -0.05) is 55.4 Å². The molecule has 0 radical (unpaired) electrons. The van der Waals surface area contributed by atoms with E-state index in [0.717, 1.165) is 60.9 Å². The number of hydrogen-bond donors (Lipinski definition) is 6. The monoisotopic (exact) mass is 682 g/mol. The number of aryl methyl sites for hydroxylation is 1. The lowest BCUT2D eigenvalue weighted by Gasteiger charge is -2.33. The van der Waals surface area contributed by atoms with E-state index in [1.165, 1.54) is 5.57 Å². The zero-order valence-corrected chi connectivity index (χ0v) is 29.0. The molecule has 3 aliphatic rings. The summed E-state index contributed by atoms with van der Waals surface area (Å²) < 4.78 is 6.54. The Morgan fingerprint density at radius 1 is 1.08 bits per heavy atom. The van der Waals surface area contributed by atoms with Crippen LogP contribution in [0.15, 0.2) is 60.4 Å². The van der Waals surface area contributed by atoms with Crippen LogP contribution in [0.1, 0.15) is 98.9 Å². The number of aromatic hydroxyl groups is 1. The van der Waals surface area contributed by atoms with Gasteiger partial charge in [0.1, 0.15) is 11.9 Å². The van der Waals surface area contributed by atoms with E-state index in [1.54, 1.807) is 18.5 Å². The van der Waals surface area contributed by atoms with E-state index in [4.69, 9.17) is 10.5 Å². The smallest absolute Gasteiger partial charge is 0.161 e. The van der Waals surface area contributed by atoms with Crippen molar-refractivity contribution in [1.29, 1.82) is 0 Å². The Hall–Kier alpha value is -3.81. The summed E-state index contributed by atoms with van der Waals surface area (Å²) in [6.07, 6.45) is 10.0. The number of phenolic OH excluding ortho intramolecular Hbond substituents is 1. The molecule has 0 amide bonds. The molecule has 2 aromatic heterocycles. The highest BCUT2D eigenvalue weighted by Crippen LogP contribution is 2.48. The zero-order valence-electron chi connectivity index (χ0n) is 29.0. The van der Waals surface area contributed by atoms with Gasteiger partial charge < -0.3 is 41.0 Å². The van der Waals surface area contributed by atoms with Crippen molar-refractivity contribution in [3.8, 4) is 23.3 Å². The third-order valence-electron chi connectivity index (χ3n) is 11.1. The van der Waals surface area contributed by atoms with E-state index >= 15 is 0 Å². The first kappa shape index (κ1) is 36.0. The Labute approximate surface area is 295 Å². The fourth-order valence-corrected chi connectivity index (χ4v) is 8.35. The van der Waals surface area contributed by atoms with Crippen molar-refractivity contribution in [1.82, 2.24) is 9.97 Å². The lowest BCUT2D eigenvalue weighted by Crippen LogP contribution is -2.37. The quantitative estimate of drug-likeness (QED) is 0.119. The summed E-state index contributed by atoms with van der Waals surface area (Å²) in [5.41, 5.74) is 11.0. The highest BCUT2D eigenvalue weighted by atomic mass is 16.5. The fraction of sp³-hybridized carbons (Fsp3) is 0.537. The topological polar surface area (TPSA) is 163 Å². The van der Waals surface area contributed by atoms with Gasteiger partial charge in [0.15, 0.2) is 11.5 Å². The second-order valence-corrected chi connectivity index (χ2v) is 14.5. The Morgan fingerprint density at radius 2 is 1.92 bits per heavy atom. The zero-order chi connectivity index (χ0) is 35.2. The molecular formula is C41H52N3O6-. The molecule has 9 nitrogen and oxygen atoms in total.